The molecule has 0 aliphatic carbocycles. The fourth-order valence-corrected chi connectivity index (χ4v) is 0. The Bertz CT molecular complexity index is 290. The molecule has 0 spiro atoms. The molecular weight excluding hydrogens is 262 g/mol. The van der Waals surface area contributed by atoms with Gasteiger partial charge in [-0.3, -0.25) is 16.8 Å². The predicted octanol–water partition coefficient (Wildman–Crippen LogP) is -3.28. The molecule has 0 saturated heterocycles. The van der Waals surface area contributed by atoms with Crippen LogP contribution in [0.15, 0.2) is 0 Å². The molecule has 0 radical (unpaired) electrons. The van der Waals surface area contributed by atoms with Crippen molar-refractivity contribution in [2.24, 2.45) is 11.5 Å². The molecule has 0 saturated carbocycles. The molecule has 96 valence electrons. The van der Waals surface area contributed by atoms with E-state index in [-0.39, 0.29) is 6.15 Å². The molecule has 0 bridgehead atoms. The van der Waals surface area contributed by atoms with Crippen LogP contribution < -0.4 is 17.6 Å². The van der Waals surface area contributed by atoms with Crippen LogP contribution in [0, 0.1) is 0 Å². The third kappa shape index (κ3) is 1470. The van der Waals surface area contributed by atoms with Gasteiger partial charge in [-0.1, -0.05) is 0 Å². The van der Waals surface area contributed by atoms with Crippen LogP contribution in [-0.2, 0) is 20.8 Å². The fraction of sp³-hybridized carbons (Fsp3) is 0. The number of urea groups is 1. The summed E-state index contributed by atoms with van der Waals surface area (Å²) in [5, 5.41) is 0. The largest absolute Gasteiger partial charge is 0.759 e. The quantitative estimate of drug-likeness (QED) is 0.293. The van der Waals surface area contributed by atoms with E-state index >= 15 is 0 Å². The summed E-state index contributed by atoms with van der Waals surface area (Å²) in [6, 6.07) is -0.833. The monoisotopic (exact) mass is 270 g/mol. The highest BCUT2D eigenvalue weighted by Gasteiger charge is 1.60. The molecule has 15 heavy (non-hydrogen) atoms. The molecule has 2 amide bonds. The first kappa shape index (κ1) is 23.6. The molecule has 0 aliphatic heterocycles. The van der Waals surface area contributed by atoms with Crippen molar-refractivity contribution in [3.8, 4) is 0 Å². The number of hydrogen-bond donors (Lipinski definition) is 3. The van der Waals surface area contributed by atoms with Crippen LogP contribution >= 0.6 is 0 Å². The highest BCUT2D eigenvalue weighted by atomic mass is 32.3. The van der Waals surface area contributed by atoms with Crippen molar-refractivity contribution in [3.63, 3.8) is 0 Å². The minimum absolute atomic E-state index is 0. The maximum Gasteiger partial charge on any atom is 0.309 e. The van der Waals surface area contributed by atoms with Crippen LogP contribution in [0.2, 0.25) is 0 Å². The SMILES string of the molecule is NC(N)=O.O=S(=O)([O-])[O-].O=S(=O)([O-])[O-].[NH4+]. The molecule has 0 fully saturated rings. The Balaban J connectivity index is -0.0000000590. The summed E-state index contributed by atoms with van der Waals surface area (Å²) in [6.07, 6.45) is 0. The van der Waals surface area contributed by atoms with Gasteiger partial charge in [0, 0.05) is 20.8 Å². The second kappa shape index (κ2) is 9.52. The molecule has 0 aromatic carbocycles. The zero-order valence-corrected chi connectivity index (χ0v) is 8.78. The third-order valence-corrected chi connectivity index (χ3v) is 0. The van der Waals surface area contributed by atoms with Crippen molar-refractivity contribution >= 4 is 26.8 Å². The molecule has 14 heteroatoms. The fourth-order valence-electron chi connectivity index (χ4n) is 0. The lowest BCUT2D eigenvalue weighted by atomic mass is 11.2. The first-order valence-electron chi connectivity index (χ1n) is 2.11. The maximum absolute atomic E-state index is 9.00. The molecule has 0 atom stereocenters. The third-order valence-electron chi connectivity index (χ3n) is 0. The lowest BCUT2D eigenvalue weighted by Gasteiger charge is -2.06. The number of quaternary nitrogens is 1. The molecular formula is CH8N3O9S2-3. The van der Waals surface area contributed by atoms with Crippen molar-refractivity contribution in [2.75, 3.05) is 0 Å². The van der Waals surface area contributed by atoms with E-state index in [1.165, 1.54) is 0 Å². The number of primary amides is 2. The Kier molecular flexibility index (Phi) is 15.0. The Morgan fingerprint density at radius 2 is 0.800 bits per heavy atom. The zero-order chi connectivity index (χ0) is 12.6. The summed E-state index contributed by atoms with van der Waals surface area (Å²) in [4.78, 5) is 9.00. The van der Waals surface area contributed by atoms with Gasteiger partial charge in [0.15, 0.2) is 0 Å². The summed E-state index contributed by atoms with van der Waals surface area (Å²) in [5.74, 6) is 0. The topological polar surface area (TPSA) is 266 Å². The first-order chi connectivity index (χ1) is 5.73. The van der Waals surface area contributed by atoms with E-state index in [1.54, 1.807) is 0 Å². The van der Waals surface area contributed by atoms with Crippen molar-refractivity contribution in [1.29, 1.82) is 0 Å². The number of rotatable bonds is 0. The van der Waals surface area contributed by atoms with E-state index in [0.717, 1.165) is 0 Å². The number of hydrogen-bond acceptors (Lipinski definition) is 9. The molecule has 0 heterocycles. The van der Waals surface area contributed by atoms with Crippen LogP contribution in [0.1, 0.15) is 0 Å². The van der Waals surface area contributed by atoms with Crippen LogP contribution in [0.25, 0.3) is 0 Å². The summed E-state index contributed by atoms with van der Waals surface area (Å²) >= 11 is 0. The smallest absolute Gasteiger partial charge is 0.309 e. The maximum atomic E-state index is 9.00. The normalized spacial score (nSPS) is 9.33. The minimum atomic E-state index is -5.17. The number of carbonyl (C=O) groups is 1. The summed E-state index contributed by atoms with van der Waals surface area (Å²) in [7, 11) is -10.3. The molecule has 0 aliphatic rings. The van der Waals surface area contributed by atoms with E-state index in [4.69, 9.17) is 39.8 Å². The van der Waals surface area contributed by atoms with E-state index in [0.29, 0.717) is 0 Å². The second-order valence-electron chi connectivity index (χ2n) is 1.22. The summed E-state index contributed by atoms with van der Waals surface area (Å²) < 4.78 is 68.2. The molecule has 0 aromatic rings. The average Bonchev–Trinajstić information content (AvgIpc) is 1.45. The van der Waals surface area contributed by atoms with Gasteiger partial charge in [-0.2, -0.15) is 0 Å². The number of carbonyl (C=O) groups excluding carboxylic acids is 1. The van der Waals surface area contributed by atoms with Crippen molar-refractivity contribution in [2.45, 2.75) is 0 Å². The van der Waals surface area contributed by atoms with Crippen molar-refractivity contribution in [1.82, 2.24) is 6.15 Å². The zero-order valence-electron chi connectivity index (χ0n) is 7.15. The van der Waals surface area contributed by atoms with Gasteiger partial charge in [0.25, 0.3) is 0 Å². The standard InChI is InChI=1S/CH4N2O.H3N.2H2O4S/c2-1(3)4;;2*1-5(2,3)4/h(H4,2,3,4);1H3;2*(H2,1,2,3,4)/p-3. The van der Waals surface area contributed by atoms with Crippen LogP contribution in [0.4, 0.5) is 4.79 Å². The number of amides is 2. The van der Waals surface area contributed by atoms with E-state index in [2.05, 4.69) is 11.5 Å². The Labute approximate surface area is 85.0 Å². The molecule has 8 N–H and O–H groups in total. The van der Waals surface area contributed by atoms with Crippen molar-refractivity contribution < 1.29 is 39.8 Å². The van der Waals surface area contributed by atoms with Gasteiger partial charge in [0.1, 0.15) is 0 Å². The lowest BCUT2D eigenvalue weighted by molar-refractivity contribution is 0.256. The van der Waals surface area contributed by atoms with Crippen LogP contribution in [0.5, 0.6) is 0 Å². The minimum Gasteiger partial charge on any atom is -0.759 e. The van der Waals surface area contributed by atoms with E-state index in [1.807, 2.05) is 0 Å². The van der Waals surface area contributed by atoms with Gasteiger partial charge in [0.05, 0.1) is 0 Å². The molecule has 0 aromatic heterocycles. The average molecular weight is 270 g/mol. The van der Waals surface area contributed by atoms with Crippen LogP contribution in [-0.4, -0.2) is 41.1 Å². The Morgan fingerprint density at radius 3 is 0.800 bits per heavy atom. The van der Waals surface area contributed by atoms with E-state index < -0.39 is 26.8 Å². The highest BCUT2D eigenvalue weighted by Crippen LogP contribution is 1.58. The second-order valence-corrected chi connectivity index (χ2v) is 2.85. The van der Waals surface area contributed by atoms with Crippen molar-refractivity contribution in [3.05, 3.63) is 0 Å². The summed E-state index contributed by atoms with van der Waals surface area (Å²) in [6.45, 7) is 0. The Hall–Kier alpha value is -1.03. The van der Waals surface area contributed by atoms with Gasteiger partial charge >= 0.3 is 6.03 Å². The predicted molar refractivity (Wildman–Crippen MR) is 40.7 cm³/mol. The van der Waals surface area contributed by atoms with Gasteiger partial charge in [0.2, 0.25) is 0 Å². The molecule has 0 unspecified atom stereocenters. The molecule has 0 rings (SSSR count). The highest BCUT2D eigenvalue weighted by molar-refractivity contribution is 7.79. The van der Waals surface area contributed by atoms with E-state index in [9.17, 15) is 0 Å². The van der Waals surface area contributed by atoms with Gasteiger partial charge < -0.3 is 35.8 Å². The van der Waals surface area contributed by atoms with Gasteiger partial charge in [-0.15, -0.1) is 0 Å². The Morgan fingerprint density at radius 1 is 0.800 bits per heavy atom. The number of nitrogens with two attached hydrogens (primary N) is 2. The van der Waals surface area contributed by atoms with Gasteiger partial charge in [-0.25, -0.2) is 4.79 Å². The molecule has 12 nitrogen and oxygen atoms in total. The first-order valence-corrected chi connectivity index (χ1v) is 4.78. The summed E-state index contributed by atoms with van der Waals surface area (Å²) in [5.41, 5.74) is 8.50. The van der Waals surface area contributed by atoms with Gasteiger partial charge in [-0.05, 0) is 0 Å². The lowest BCUT2D eigenvalue weighted by Crippen LogP contribution is -2.18. The van der Waals surface area contributed by atoms with Crippen LogP contribution in [0.3, 0.4) is 0 Å².